The van der Waals surface area contributed by atoms with E-state index in [9.17, 15) is 28.1 Å². The summed E-state index contributed by atoms with van der Waals surface area (Å²) in [6, 6.07) is 9.65. The van der Waals surface area contributed by atoms with Gasteiger partial charge < -0.3 is 11.1 Å². The summed E-state index contributed by atoms with van der Waals surface area (Å²) in [5, 5.41) is 13.5. The Balaban J connectivity index is 2.41. The van der Waals surface area contributed by atoms with Crippen LogP contribution in [0.4, 0.5) is 17.1 Å². The van der Waals surface area contributed by atoms with Crippen LogP contribution >= 0.6 is 0 Å². The van der Waals surface area contributed by atoms with Crippen molar-refractivity contribution in [3.63, 3.8) is 0 Å². The smallest absolute Gasteiger partial charge is 0.271 e. The number of hydrogen-bond acceptors (Lipinski definition) is 6. The van der Waals surface area contributed by atoms with E-state index in [1.54, 1.807) is 12.1 Å². The molecule has 0 unspecified atom stereocenters. The topological polar surface area (TPSA) is 153 Å². The van der Waals surface area contributed by atoms with Gasteiger partial charge in [-0.2, -0.15) is 0 Å². The van der Waals surface area contributed by atoms with Crippen molar-refractivity contribution in [1.82, 2.24) is 0 Å². The van der Waals surface area contributed by atoms with Gasteiger partial charge in [-0.3, -0.25) is 24.0 Å². The summed E-state index contributed by atoms with van der Waals surface area (Å²) in [6.45, 7) is 1.32. The van der Waals surface area contributed by atoms with Crippen LogP contribution < -0.4 is 15.4 Å². The fourth-order valence-corrected chi connectivity index (χ4v) is 3.76. The van der Waals surface area contributed by atoms with E-state index in [0.29, 0.717) is 0 Å². The number of nitrogens with two attached hydrogens (primary N) is 1. The number of amides is 2. The Morgan fingerprint density at radius 3 is 2.39 bits per heavy atom. The van der Waals surface area contributed by atoms with Gasteiger partial charge in [-0.25, -0.2) is 8.42 Å². The Kier molecular flexibility index (Phi) is 5.99. The molecule has 11 heteroatoms. The van der Waals surface area contributed by atoms with Crippen LogP contribution in [0.5, 0.6) is 0 Å². The molecule has 1 atom stereocenters. The molecule has 0 aliphatic carbocycles. The molecule has 0 aliphatic rings. The summed E-state index contributed by atoms with van der Waals surface area (Å²) in [6.07, 6.45) is 0.882. The van der Waals surface area contributed by atoms with Crippen molar-refractivity contribution >= 4 is 38.9 Å². The maximum atomic E-state index is 12.7. The number of non-ortho nitro benzene ring substituents is 1. The number of carbonyl (C=O) groups excluding carboxylic acids is 2. The monoisotopic (exact) mass is 406 g/mol. The number of anilines is 2. The number of nitro groups is 1. The minimum Gasteiger partial charge on any atom is -0.366 e. The number of hydrogen-bond donors (Lipinski definition) is 2. The van der Waals surface area contributed by atoms with Gasteiger partial charge in [-0.1, -0.05) is 18.2 Å². The predicted molar refractivity (Wildman–Crippen MR) is 103 cm³/mol. The molecule has 0 heterocycles. The molecule has 3 N–H and O–H groups in total. The standard InChI is InChI=1S/C17H18N4O6S/c1-11(17(23)19-15-9-4-3-8-14(15)16(18)22)20(28(2,26)27)12-6-5-7-13(10-12)21(24)25/h3-11H,1-2H3,(H2,18,22)(H,19,23)/t11-/m1/s1. The Morgan fingerprint density at radius 1 is 1.18 bits per heavy atom. The van der Waals surface area contributed by atoms with Gasteiger partial charge in [-0.15, -0.1) is 0 Å². The molecule has 0 spiro atoms. The van der Waals surface area contributed by atoms with E-state index in [4.69, 9.17) is 5.73 Å². The van der Waals surface area contributed by atoms with Gasteiger partial charge in [0, 0.05) is 12.1 Å². The molecule has 148 valence electrons. The molecule has 0 saturated carbocycles. The maximum absolute atomic E-state index is 12.7. The van der Waals surface area contributed by atoms with Crippen LogP contribution in [0.15, 0.2) is 48.5 Å². The average molecular weight is 406 g/mol. The first-order chi connectivity index (χ1) is 13.0. The van der Waals surface area contributed by atoms with Crippen LogP contribution in [-0.4, -0.2) is 37.5 Å². The van der Waals surface area contributed by atoms with Crippen LogP contribution in [-0.2, 0) is 14.8 Å². The zero-order chi connectivity index (χ0) is 21.1. The molecule has 2 aromatic carbocycles. The van der Waals surface area contributed by atoms with Gasteiger partial charge in [0.05, 0.1) is 28.1 Å². The number of para-hydroxylation sites is 1. The molecule has 2 amide bonds. The molecule has 2 aromatic rings. The minimum absolute atomic E-state index is 0.0393. The molecule has 0 aliphatic heterocycles. The summed E-state index contributed by atoms with van der Waals surface area (Å²) in [7, 11) is -3.97. The molecule has 0 aromatic heterocycles. The number of nitrogens with one attached hydrogen (secondary N) is 1. The molecule has 0 saturated heterocycles. The number of benzene rings is 2. The molecular weight excluding hydrogens is 388 g/mol. The van der Waals surface area contributed by atoms with Crippen LogP contribution in [0.3, 0.4) is 0 Å². The lowest BCUT2D eigenvalue weighted by molar-refractivity contribution is -0.384. The van der Waals surface area contributed by atoms with E-state index in [2.05, 4.69) is 5.32 Å². The lowest BCUT2D eigenvalue weighted by atomic mass is 10.1. The molecule has 0 fully saturated rings. The zero-order valence-electron chi connectivity index (χ0n) is 15.0. The number of rotatable bonds is 7. The van der Waals surface area contributed by atoms with E-state index in [1.165, 1.54) is 37.3 Å². The molecule has 2 rings (SSSR count). The number of primary amides is 1. The largest absolute Gasteiger partial charge is 0.366 e. The average Bonchev–Trinajstić information content (AvgIpc) is 2.61. The van der Waals surface area contributed by atoms with Crippen molar-refractivity contribution < 1.29 is 22.9 Å². The molecular formula is C17H18N4O6S. The second-order valence-corrected chi connectivity index (χ2v) is 7.77. The van der Waals surface area contributed by atoms with Crippen molar-refractivity contribution in [2.75, 3.05) is 15.9 Å². The Hall–Kier alpha value is -3.47. The molecule has 0 bridgehead atoms. The second kappa shape index (κ2) is 8.05. The van der Waals surface area contributed by atoms with E-state index in [1.807, 2.05) is 0 Å². The van der Waals surface area contributed by atoms with Crippen molar-refractivity contribution in [3.8, 4) is 0 Å². The van der Waals surface area contributed by atoms with Gasteiger partial charge in [0.1, 0.15) is 6.04 Å². The summed E-state index contributed by atoms with van der Waals surface area (Å²) in [5.74, 6) is -1.51. The first-order valence-electron chi connectivity index (χ1n) is 7.96. The molecule has 28 heavy (non-hydrogen) atoms. The lowest BCUT2D eigenvalue weighted by Gasteiger charge is -2.28. The fourth-order valence-electron chi connectivity index (χ4n) is 2.60. The minimum atomic E-state index is -3.97. The van der Waals surface area contributed by atoms with Crippen molar-refractivity contribution in [1.29, 1.82) is 0 Å². The zero-order valence-corrected chi connectivity index (χ0v) is 15.8. The summed E-state index contributed by atoms with van der Waals surface area (Å²) < 4.78 is 25.3. The highest BCUT2D eigenvalue weighted by molar-refractivity contribution is 7.92. The highest BCUT2D eigenvalue weighted by Crippen LogP contribution is 2.26. The van der Waals surface area contributed by atoms with Crippen LogP contribution in [0.1, 0.15) is 17.3 Å². The first kappa shape index (κ1) is 20.8. The third-order valence-electron chi connectivity index (χ3n) is 3.83. The van der Waals surface area contributed by atoms with Crippen LogP contribution in [0, 0.1) is 10.1 Å². The van der Waals surface area contributed by atoms with Gasteiger partial charge in [-0.05, 0) is 25.1 Å². The molecule has 0 radical (unpaired) electrons. The molecule has 10 nitrogen and oxygen atoms in total. The van der Waals surface area contributed by atoms with Crippen LogP contribution in [0.25, 0.3) is 0 Å². The van der Waals surface area contributed by atoms with E-state index >= 15 is 0 Å². The van der Waals surface area contributed by atoms with Crippen molar-refractivity contribution in [2.24, 2.45) is 5.73 Å². The van der Waals surface area contributed by atoms with E-state index in [-0.39, 0.29) is 22.6 Å². The van der Waals surface area contributed by atoms with E-state index < -0.39 is 32.8 Å². The highest BCUT2D eigenvalue weighted by atomic mass is 32.2. The number of carbonyl (C=O) groups is 2. The quantitative estimate of drug-likeness (QED) is 0.525. The first-order valence-corrected chi connectivity index (χ1v) is 9.80. The normalized spacial score (nSPS) is 12.1. The van der Waals surface area contributed by atoms with Crippen molar-refractivity contribution in [2.45, 2.75) is 13.0 Å². The van der Waals surface area contributed by atoms with Gasteiger partial charge in [0.25, 0.3) is 11.6 Å². The summed E-state index contributed by atoms with van der Waals surface area (Å²) >= 11 is 0. The van der Waals surface area contributed by atoms with Crippen molar-refractivity contribution in [3.05, 3.63) is 64.2 Å². The Labute approximate surface area is 161 Å². The van der Waals surface area contributed by atoms with Gasteiger partial charge >= 0.3 is 0 Å². The van der Waals surface area contributed by atoms with Gasteiger partial charge in [0.2, 0.25) is 15.9 Å². The fraction of sp³-hybridized carbons (Fsp3) is 0.176. The third kappa shape index (κ3) is 4.62. The summed E-state index contributed by atoms with van der Waals surface area (Å²) in [4.78, 5) is 34.5. The summed E-state index contributed by atoms with van der Waals surface area (Å²) in [5.41, 5.74) is 5.09. The lowest BCUT2D eigenvalue weighted by Crippen LogP contribution is -2.45. The maximum Gasteiger partial charge on any atom is 0.271 e. The Bertz CT molecular complexity index is 1040. The number of sulfonamides is 1. The number of nitrogens with zero attached hydrogens (tertiary/aromatic N) is 2. The van der Waals surface area contributed by atoms with Crippen LogP contribution in [0.2, 0.25) is 0 Å². The number of nitro benzene ring substituents is 1. The van der Waals surface area contributed by atoms with E-state index in [0.717, 1.165) is 16.6 Å². The van der Waals surface area contributed by atoms with Gasteiger partial charge in [0.15, 0.2) is 0 Å². The Morgan fingerprint density at radius 2 is 1.82 bits per heavy atom. The SMILES string of the molecule is C[C@H](C(=O)Nc1ccccc1C(N)=O)N(c1cccc([N+](=O)[O-])c1)S(C)(=O)=O. The highest BCUT2D eigenvalue weighted by Gasteiger charge is 2.30. The third-order valence-corrected chi connectivity index (χ3v) is 5.08. The predicted octanol–water partition coefficient (Wildman–Crippen LogP) is 1.49. The second-order valence-electron chi connectivity index (χ2n) is 5.91.